The number of carbonyl (C=O) groups is 1. The van der Waals surface area contributed by atoms with Gasteiger partial charge in [-0.2, -0.15) is 4.89 Å². The Morgan fingerprint density at radius 3 is 2.28 bits per heavy atom. The van der Waals surface area contributed by atoms with Crippen LogP contribution in [0.25, 0.3) is 0 Å². The van der Waals surface area contributed by atoms with Gasteiger partial charge in [0.15, 0.2) is 0 Å². The third-order valence-corrected chi connectivity index (χ3v) is 4.31. The zero-order valence-corrected chi connectivity index (χ0v) is 16.3. The van der Waals surface area contributed by atoms with Gasteiger partial charge in [-0.15, -0.1) is 0 Å². The Hall–Kier alpha value is -1.55. The van der Waals surface area contributed by atoms with E-state index in [2.05, 4.69) is 6.92 Å². The molecule has 142 valence electrons. The lowest BCUT2D eigenvalue weighted by Gasteiger charge is -2.20. The molecule has 0 heterocycles. The molecule has 0 atom stereocenters. The van der Waals surface area contributed by atoms with E-state index in [-0.39, 0.29) is 0 Å². The van der Waals surface area contributed by atoms with Crippen molar-refractivity contribution in [2.24, 2.45) is 0 Å². The van der Waals surface area contributed by atoms with Crippen LogP contribution in [0.3, 0.4) is 0 Å². The van der Waals surface area contributed by atoms with Gasteiger partial charge in [0, 0.05) is 0 Å². The van der Waals surface area contributed by atoms with E-state index in [9.17, 15) is 4.79 Å². The predicted molar refractivity (Wildman–Crippen MR) is 101 cm³/mol. The highest BCUT2D eigenvalue weighted by Crippen LogP contribution is 2.21. The van der Waals surface area contributed by atoms with Gasteiger partial charge in [0.2, 0.25) is 0 Å². The van der Waals surface area contributed by atoms with Crippen LogP contribution in [0, 0.1) is 0 Å². The van der Waals surface area contributed by atoms with E-state index in [1.165, 1.54) is 32.1 Å². The number of carbonyl (C=O) groups excluding carboxylic acids is 1. The Labute approximate surface area is 152 Å². The lowest BCUT2D eigenvalue weighted by atomic mass is 10.1. The van der Waals surface area contributed by atoms with E-state index in [4.69, 9.17) is 14.5 Å². The first kappa shape index (κ1) is 21.5. The van der Waals surface area contributed by atoms with Crippen molar-refractivity contribution in [1.82, 2.24) is 0 Å². The number of para-hydroxylation sites is 1. The second kappa shape index (κ2) is 11.9. The smallest absolute Gasteiger partial charge is 0.376 e. The summed E-state index contributed by atoms with van der Waals surface area (Å²) in [5, 5.41) is 0. The molecule has 1 aromatic rings. The second-order valence-corrected chi connectivity index (χ2v) is 7.03. The van der Waals surface area contributed by atoms with Crippen molar-refractivity contribution < 1.29 is 19.3 Å². The molecule has 1 rings (SSSR count). The first-order valence-electron chi connectivity index (χ1n) is 9.62. The fourth-order valence-electron chi connectivity index (χ4n) is 2.26. The minimum atomic E-state index is -0.517. The Morgan fingerprint density at radius 1 is 0.960 bits per heavy atom. The minimum absolute atomic E-state index is 0.400. The zero-order valence-electron chi connectivity index (χ0n) is 16.3. The lowest BCUT2D eigenvalue weighted by molar-refractivity contribution is -0.307. The van der Waals surface area contributed by atoms with Crippen molar-refractivity contribution in [1.29, 1.82) is 0 Å². The van der Waals surface area contributed by atoms with E-state index >= 15 is 0 Å². The number of hydrogen-bond acceptors (Lipinski definition) is 4. The summed E-state index contributed by atoms with van der Waals surface area (Å²) in [4.78, 5) is 22.5. The van der Waals surface area contributed by atoms with E-state index in [1.54, 1.807) is 18.2 Å². The second-order valence-electron chi connectivity index (χ2n) is 7.03. The van der Waals surface area contributed by atoms with E-state index in [1.807, 2.05) is 26.8 Å². The lowest BCUT2D eigenvalue weighted by Crippen LogP contribution is -2.25. The summed E-state index contributed by atoms with van der Waals surface area (Å²) in [5.74, 6) is 0.0353. The molecule has 25 heavy (non-hydrogen) atoms. The van der Waals surface area contributed by atoms with E-state index < -0.39 is 11.6 Å². The van der Waals surface area contributed by atoms with Crippen LogP contribution in [-0.4, -0.2) is 18.2 Å². The Morgan fingerprint density at radius 2 is 1.60 bits per heavy atom. The number of unbranched alkanes of at least 4 members (excludes halogenated alkanes) is 6. The molecule has 0 saturated heterocycles. The van der Waals surface area contributed by atoms with Crippen LogP contribution in [0.15, 0.2) is 24.3 Å². The summed E-state index contributed by atoms with van der Waals surface area (Å²) in [6, 6.07) is 7.14. The van der Waals surface area contributed by atoms with Crippen LogP contribution in [0.2, 0.25) is 0 Å². The molecule has 0 aliphatic carbocycles. The molecule has 0 aromatic heterocycles. The van der Waals surface area contributed by atoms with Gasteiger partial charge in [0.1, 0.15) is 16.9 Å². The van der Waals surface area contributed by atoms with Crippen LogP contribution in [0.5, 0.6) is 5.75 Å². The molecule has 4 nitrogen and oxygen atoms in total. The summed E-state index contributed by atoms with van der Waals surface area (Å²) < 4.78 is 5.79. The van der Waals surface area contributed by atoms with Crippen LogP contribution < -0.4 is 4.74 Å². The van der Waals surface area contributed by atoms with Crippen LogP contribution in [0.1, 0.15) is 89.4 Å². The van der Waals surface area contributed by atoms with Gasteiger partial charge in [-0.1, -0.05) is 64.5 Å². The molecule has 0 N–H and O–H groups in total. The first-order valence-corrected chi connectivity index (χ1v) is 9.62. The molecule has 0 spiro atoms. The highest BCUT2D eigenvalue weighted by molar-refractivity contribution is 5.92. The molecule has 0 saturated carbocycles. The number of rotatable bonds is 13. The molecule has 0 bridgehead atoms. The van der Waals surface area contributed by atoms with E-state index in [0.29, 0.717) is 17.9 Å². The summed E-state index contributed by atoms with van der Waals surface area (Å²) in [5.41, 5.74) is -0.0965. The van der Waals surface area contributed by atoms with Gasteiger partial charge in [-0.05, 0) is 38.8 Å². The van der Waals surface area contributed by atoms with Gasteiger partial charge in [0.25, 0.3) is 0 Å². The molecule has 0 fully saturated rings. The van der Waals surface area contributed by atoms with Crippen LogP contribution >= 0.6 is 0 Å². The molecular formula is C21H34O4. The standard InChI is InChI=1S/C21H34O4/c1-5-7-8-9-10-11-14-17-23-19-16-13-12-15-18(19)20(22)24-25-21(3,4)6-2/h12-13,15-16H,5-11,14,17H2,1-4H3. The fraction of sp³-hybridized carbons (Fsp3) is 0.667. The quantitative estimate of drug-likeness (QED) is 0.245. The zero-order chi connectivity index (χ0) is 18.5. The maximum Gasteiger partial charge on any atom is 0.376 e. The van der Waals surface area contributed by atoms with Crippen molar-refractivity contribution in [2.75, 3.05) is 6.61 Å². The molecule has 4 heteroatoms. The third-order valence-electron chi connectivity index (χ3n) is 4.31. The summed E-state index contributed by atoms with van der Waals surface area (Å²) in [6.07, 6.45) is 9.35. The number of hydrogen-bond donors (Lipinski definition) is 0. The monoisotopic (exact) mass is 350 g/mol. The average Bonchev–Trinajstić information content (AvgIpc) is 2.62. The summed E-state index contributed by atoms with van der Waals surface area (Å²) in [7, 11) is 0. The van der Waals surface area contributed by atoms with Gasteiger partial charge in [0.05, 0.1) is 6.61 Å². The Balaban J connectivity index is 2.39. The number of benzene rings is 1. The maximum atomic E-state index is 12.2. The summed E-state index contributed by atoms with van der Waals surface area (Å²) >= 11 is 0. The summed E-state index contributed by atoms with van der Waals surface area (Å²) in [6.45, 7) is 8.57. The predicted octanol–water partition coefficient (Wildman–Crippen LogP) is 6.09. The Kier molecular flexibility index (Phi) is 10.2. The highest BCUT2D eigenvalue weighted by Gasteiger charge is 2.22. The van der Waals surface area contributed by atoms with Crippen molar-refractivity contribution in [3.05, 3.63) is 29.8 Å². The van der Waals surface area contributed by atoms with Crippen LogP contribution in [-0.2, 0) is 9.78 Å². The van der Waals surface area contributed by atoms with Gasteiger partial charge < -0.3 is 4.74 Å². The molecule has 1 aromatic carbocycles. The van der Waals surface area contributed by atoms with Crippen molar-refractivity contribution >= 4 is 5.97 Å². The maximum absolute atomic E-state index is 12.2. The van der Waals surface area contributed by atoms with Gasteiger partial charge >= 0.3 is 5.97 Å². The minimum Gasteiger partial charge on any atom is -0.493 e. The molecule has 0 aliphatic heterocycles. The van der Waals surface area contributed by atoms with Crippen molar-refractivity contribution in [3.8, 4) is 5.75 Å². The topological polar surface area (TPSA) is 44.8 Å². The van der Waals surface area contributed by atoms with Gasteiger partial charge in [-0.25, -0.2) is 4.79 Å². The molecule has 0 unspecified atom stereocenters. The molecule has 0 amide bonds. The highest BCUT2D eigenvalue weighted by atomic mass is 17.2. The van der Waals surface area contributed by atoms with E-state index in [0.717, 1.165) is 19.3 Å². The SMILES string of the molecule is CCCCCCCCCOc1ccccc1C(=O)OOC(C)(C)CC. The van der Waals surface area contributed by atoms with Crippen LogP contribution in [0.4, 0.5) is 0 Å². The first-order chi connectivity index (χ1) is 12.0. The van der Waals surface area contributed by atoms with Crippen molar-refractivity contribution in [2.45, 2.75) is 84.7 Å². The normalized spacial score (nSPS) is 11.4. The average molecular weight is 350 g/mol. The molecule has 0 radical (unpaired) electrons. The third kappa shape index (κ3) is 8.92. The largest absolute Gasteiger partial charge is 0.493 e. The molecular weight excluding hydrogens is 316 g/mol. The fourth-order valence-corrected chi connectivity index (χ4v) is 2.26. The number of ether oxygens (including phenoxy) is 1. The van der Waals surface area contributed by atoms with Crippen molar-refractivity contribution in [3.63, 3.8) is 0 Å². The Bertz CT molecular complexity index is 496. The molecule has 0 aliphatic rings. The van der Waals surface area contributed by atoms with Gasteiger partial charge in [-0.3, -0.25) is 4.89 Å².